The molecule has 0 saturated carbocycles. The molecule has 0 aliphatic heterocycles. The minimum absolute atomic E-state index is 0.0898. The van der Waals surface area contributed by atoms with Crippen molar-refractivity contribution in [3.8, 4) is 5.75 Å². The largest absolute Gasteiger partial charge is 0.497 e. The molecule has 0 bridgehead atoms. The van der Waals surface area contributed by atoms with Gasteiger partial charge in [-0.15, -0.1) is 0 Å². The molecule has 0 fully saturated rings. The average Bonchev–Trinajstić information content (AvgIpc) is 2.18. The molecule has 1 aromatic carbocycles. The van der Waals surface area contributed by atoms with Gasteiger partial charge in [0.05, 0.1) is 7.11 Å². The summed E-state index contributed by atoms with van der Waals surface area (Å²) in [5.74, 6) is -0.562. The molecule has 0 heterocycles. The normalized spacial score (nSPS) is 12.1. The zero-order valence-electron chi connectivity index (χ0n) is 7.80. The average molecular weight is 196 g/mol. The lowest BCUT2D eigenvalue weighted by Gasteiger charge is -2.06. The van der Waals surface area contributed by atoms with Crippen molar-refractivity contribution < 1.29 is 19.7 Å². The van der Waals surface area contributed by atoms with Gasteiger partial charge in [-0.25, -0.2) is 4.79 Å². The third-order valence-corrected chi connectivity index (χ3v) is 1.85. The van der Waals surface area contributed by atoms with Gasteiger partial charge >= 0.3 is 5.97 Å². The summed E-state index contributed by atoms with van der Waals surface area (Å²) >= 11 is 0. The van der Waals surface area contributed by atoms with Crippen LogP contribution in [0.4, 0.5) is 0 Å². The second-order valence-corrected chi connectivity index (χ2v) is 2.91. The van der Waals surface area contributed by atoms with E-state index in [-0.39, 0.29) is 6.42 Å². The van der Waals surface area contributed by atoms with E-state index in [2.05, 4.69) is 0 Å². The number of aliphatic hydroxyl groups excluding tert-OH is 1. The topological polar surface area (TPSA) is 66.8 Å². The monoisotopic (exact) mass is 196 g/mol. The Kier molecular flexibility index (Phi) is 3.48. The first-order valence-electron chi connectivity index (χ1n) is 4.17. The number of carboxylic acids is 1. The third kappa shape index (κ3) is 2.74. The van der Waals surface area contributed by atoms with E-state index in [1.807, 2.05) is 0 Å². The maximum Gasteiger partial charge on any atom is 0.332 e. The van der Waals surface area contributed by atoms with Gasteiger partial charge in [0.15, 0.2) is 6.10 Å². The first-order valence-corrected chi connectivity index (χ1v) is 4.17. The van der Waals surface area contributed by atoms with E-state index in [1.165, 1.54) is 7.11 Å². The van der Waals surface area contributed by atoms with Gasteiger partial charge in [-0.05, 0) is 17.7 Å². The first kappa shape index (κ1) is 10.5. The number of hydrogen-bond acceptors (Lipinski definition) is 3. The Morgan fingerprint density at radius 2 is 2.29 bits per heavy atom. The van der Waals surface area contributed by atoms with E-state index in [4.69, 9.17) is 14.9 Å². The molecule has 0 aromatic heterocycles. The minimum Gasteiger partial charge on any atom is -0.497 e. The molecule has 1 aromatic rings. The van der Waals surface area contributed by atoms with Crippen LogP contribution >= 0.6 is 0 Å². The summed E-state index contributed by atoms with van der Waals surface area (Å²) in [4.78, 5) is 10.4. The van der Waals surface area contributed by atoms with Crippen molar-refractivity contribution in [1.29, 1.82) is 0 Å². The molecular formula is C10H12O4. The van der Waals surface area contributed by atoms with Crippen LogP contribution in [0.15, 0.2) is 24.3 Å². The smallest absolute Gasteiger partial charge is 0.332 e. The Morgan fingerprint density at radius 1 is 1.57 bits per heavy atom. The van der Waals surface area contributed by atoms with E-state index in [0.29, 0.717) is 5.75 Å². The van der Waals surface area contributed by atoms with Crippen LogP contribution in [0.3, 0.4) is 0 Å². The molecule has 0 aliphatic rings. The number of aliphatic carboxylic acids is 1. The van der Waals surface area contributed by atoms with Gasteiger partial charge in [0.25, 0.3) is 0 Å². The fraction of sp³-hybridized carbons (Fsp3) is 0.300. The van der Waals surface area contributed by atoms with Crippen LogP contribution in [-0.4, -0.2) is 29.4 Å². The second-order valence-electron chi connectivity index (χ2n) is 2.91. The maximum atomic E-state index is 10.4. The number of ether oxygens (including phenoxy) is 1. The summed E-state index contributed by atoms with van der Waals surface area (Å²) in [6.07, 6.45) is -1.27. The molecule has 1 rings (SSSR count). The van der Waals surface area contributed by atoms with Crippen LogP contribution in [0.5, 0.6) is 5.75 Å². The molecule has 0 aliphatic carbocycles. The Balaban J connectivity index is 2.71. The SMILES string of the molecule is COc1cccc(C[C@@H](O)C(=O)O)c1. The van der Waals surface area contributed by atoms with E-state index in [0.717, 1.165) is 5.56 Å². The Hall–Kier alpha value is -1.55. The first-order chi connectivity index (χ1) is 6.63. The summed E-state index contributed by atoms with van der Waals surface area (Å²) in [6.45, 7) is 0. The molecule has 0 unspecified atom stereocenters. The number of benzene rings is 1. The molecular weight excluding hydrogens is 184 g/mol. The number of carboxylic acid groups (broad SMARTS) is 1. The zero-order valence-corrected chi connectivity index (χ0v) is 7.80. The minimum atomic E-state index is -1.36. The molecule has 0 radical (unpaired) electrons. The maximum absolute atomic E-state index is 10.4. The number of hydrogen-bond donors (Lipinski definition) is 2. The lowest BCUT2D eigenvalue weighted by Crippen LogP contribution is -2.21. The molecule has 76 valence electrons. The fourth-order valence-corrected chi connectivity index (χ4v) is 1.11. The Bertz CT molecular complexity index is 322. The molecule has 0 spiro atoms. The van der Waals surface area contributed by atoms with Gasteiger partial charge < -0.3 is 14.9 Å². The van der Waals surface area contributed by atoms with Crippen molar-refractivity contribution in [2.24, 2.45) is 0 Å². The molecule has 4 nitrogen and oxygen atoms in total. The van der Waals surface area contributed by atoms with Crippen molar-refractivity contribution in [2.75, 3.05) is 7.11 Å². The summed E-state index contributed by atoms with van der Waals surface area (Å²) in [5.41, 5.74) is 0.735. The van der Waals surface area contributed by atoms with Crippen LogP contribution in [0.25, 0.3) is 0 Å². The van der Waals surface area contributed by atoms with E-state index >= 15 is 0 Å². The van der Waals surface area contributed by atoms with Crippen LogP contribution in [0, 0.1) is 0 Å². The highest BCUT2D eigenvalue weighted by Crippen LogP contribution is 2.13. The lowest BCUT2D eigenvalue weighted by molar-refractivity contribution is -0.146. The van der Waals surface area contributed by atoms with Crippen LogP contribution in [-0.2, 0) is 11.2 Å². The molecule has 0 amide bonds. The Labute approximate surface area is 81.8 Å². The van der Waals surface area contributed by atoms with Gasteiger partial charge in [-0.3, -0.25) is 0 Å². The summed E-state index contributed by atoms with van der Waals surface area (Å²) in [7, 11) is 1.53. The van der Waals surface area contributed by atoms with Crippen molar-refractivity contribution >= 4 is 5.97 Å². The number of aliphatic hydroxyl groups is 1. The van der Waals surface area contributed by atoms with Crippen LogP contribution in [0.2, 0.25) is 0 Å². The van der Waals surface area contributed by atoms with Crippen molar-refractivity contribution in [2.45, 2.75) is 12.5 Å². The highest BCUT2D eigenvalue weighted by atomic mass is 16.5. The molecule has 14 heavy (non-hydrogen) atoms. The molecule has 1 atom stereocenters. The summed E-state index contributed by atoms with van der Waals surface area (Å²) in [5, 5.41) is 17.6. The highest BCUT2D eigenvalue weighted by molar-refractivity contribution is 5.72. The highest BCUT2D eigenvalue weighted by Gasteiger charge is 2.13. The summed E-state index contributed by atoms with van der Waals surface area (Å²) < 4.78 is 4.97. The molecule has 2 N–H and O–H groups in total. The quantitative estimate of drug-likeness (QED) is 0.743. The fourth-order valence-electron chi connectivity index (χ4n) is 1.11. The van der Waals surface area contributed by atoms with Crippen LogP contribution < -0.4 is 4.74 Å². The van der Waals surface area contributed by atoms with E-state index in [9.17, 15) is 4.79 Å². The Morgan fingerprint density at radius 3 is 2.86 bits per heavy atom. The summed E-state index contributed by atoms with van der Waals surface area (Å²) in [6, 6.07) is 6.96. The molecule has 4 heteroatoms. The molecule has 0 saturated heterocycles. The van der Waals surface area contributed by atoms with Gasteiger partial charge in [-0.1, -0.05) is 12.1 Å². The van der Waals surface area contributed by atoms with Crippen LogP contribution in [0.1, 0.15) is 5.56 Å². The lowest BCUT2D eigenvalue weighted by atomic mass is 10.1. The predicted molar refractivity (Wildman–Crippen MR) is 50.3 cm³/mol. The van der Waals surface area contributed by atoms with E-state index < -0.39 is 12.1 Å². The second kappa shape index (κ2) is 4.62. The van der Waals surface area contributed by atoms with Gasteiger partial charge in [0.2, 0.25) is 0 Å². The van der Waals surface area contributed by atoms with E-state index in [1.54, 1.807) is 24.3 Å². The standard InChI is InChI=1S/C10H12O4/c1-14-8-4-2-3-7(5-8)6-9(11)10(12)13/h2-5,9,11H,6H2,1H3,(H,12,13)/t9-/m1/s1. The third-order valence-electron chi connectivity index (χ3n) is 1.85. The zero-order chi connectivity index (χ0) is 10.6. The van der Waals surface area contributed by atoms with Gasteiger partial charge in [0.1, 0.15) is 5.75 Å². The number of carbonyl (C=O) groups is 1. The van der Waals surface area contributed by atoms with Crippen molar-refractivity contribution in [3.63, 3.8) is 0 Å². The van der Waals surface area contributed by atoms with Gasteiger partial charge in [-0.2, -0.15) is 0 Å². The predicted octanol–water partition coefficient (Wildman–Crippen LogP) is 0.683. The van der Waals surface area contributed by atoms with Gasteiger partial charge in [0, 0.05) is 6.42 Å². The van der Waals surface area contributed by atoms with Crippen molar-refractivity contribution in [3.05, 3.63) is 29.8 Å². The number of methoxy groups -OCH3 is 1. The number of rotatable bonds is 4. The van der Waals surface area contributed by atoms with Crippen molar-refractivity contribution in [1.82, 2.24) is 0 Å².